The van der Waals surface area contributed by atoms with Crippen molar-refractivity contribution < 1.29 is 8.42 Å². The molecule has 104 valence electrons. The van der Waals surface area contributed by atoms with E-state index in [0.717, 1.165) is 10.2 Å². The largest absolute Gasteiger partial charge is 0.335 e. The Kier molecular flexibility index (Phi) is 3.45. The number of hydrogen-bond donors (Lipinski definition) is 2. The third kappa shape index (κ3) is 2.97. The van der Waals surface area contributed by atoms with Crippen molar-refractivity contribution >= 4 is 53.9 Å². The van der Waals surface area contributed by atoms with E-state index in [-0.39, 0.29) is 11.5 Å². The monoisotopic (exact) mass is 325 g/mol. The maximum absolute atomic E-state index is 11.3. The van der Waals surface area contributed by atoms with Crippen LogP contribution in [-0.4, -0.2) is 30.0 Å². The second kappa shape index (κ2) is 5.12. The first-order chi connectivity index (χ1) is 9.52. The summed E-state index contributed by atoms with van der Waals surface area (Å²) >= 11 is 6.66. The highest BCUT2D eigenvalue weighted by Gasteiger charge is 2.20. The summed E-state index contributed by atoms with van der Waals surface area (Å²) < 4.78 is 23.7. The van der Waals surface area contributed by atoms with Crippen LogP contribution in [-0.2, 0) is 9.84 Å². The number of aromatic nitrogens is 1. The number of sulfone groups is 1. The van der Waals surface area contributed by atoms with E-state index < -0.39 is 9.84 Å². The van der Waals surface area contributed by atoms with E-state index in [1.54, 1.807) is 6.08 Å². The molecule has 0 fully saturated rings. The zero-order valence-corrected chi connectivity index (χ0v) is 12.7. The molecule has 0 saturated heterocycles. The van der Waals surface area contributed by atoms with Crippen LogP contribution in [0.2, 0.25) is 0 Å². The van der Waals surface area contributed by atoms with Gasteiger partial charge >= 0.3 is 0 Å². The van der Waals surface area contributed by atoms with Crippen LogP contribution in [0.4, 0.5) is 5.13 Å². The van der Waals surface area contributed by atoms with Crippen molar-refractivity contribution in [1.82, 2.24) is 10.3 Å². The first-order valence-corrected chi connectivity index (χ1v) is 8.89. The summed E-state index contributed by atoms with van der Waals surface area (Å²) in [5.74, 6) is 0.0771. The molecule has 0 bridgehead atoms. The third-order valence-electron chi connectivity index (χ3n) is 2.75. The number of thiazole rings is 1. The van der Waals surface area contributed by atoms with Crippen LogP contribution in [0.15, 0.2) is 36.0 Å². The van der Waals surface area contributed by atoms with Crippen molar-refractivity contribution in [2.45, 2.75) is 0 Å². The molecule has 1 aliphatic rings. The van der Waals surface area contributed by atoms with Crippen LogP contribution in [0.25, 0.3) is 10.2 Å². The second-order valence-corrected chi connectivity index (χ2v) is 7.90. The first kappa shape index (κ1) is 13.5. The standard InChI is InChI=1S/C12H11N3O2S3/c16-20(17)6-5-8(7-20)13-11(18)15-12-14-9-3-1-2-4-10(9)19-12/h1-5H,6-7H2,(H2,13,14,15,18). The fraction of sp³-hybridized carbons (Fsp3) is 0.167. The molecule has 0 atom stereocenters. The Bertz CT molecular complexity index is 775. The maximum atomic E-state index is 11.3. The molecule has 3 rings (SSSR count). The fourth-order valence-electron chi connectivity index (χ4n) is 1.87. The Morgan fingerprint density at radius 3 is 2.80 bits per heavy atom. The molecule has 0 spiro atoms. The Hall–Kier alpha value is -1.51. The number of anilines is 1. The summed E-state index contributed by atoms with van der Waals surface area (Å²) in [6, 6.07) is 7.80. The van der Waals surface area contributed by atoms with Crippen molar-refractivity contribution in [3.63, 3.8) is 0 Å². The van der Waals surface area contributed by atoms with Crippen molar-refractivity contribution in [2.24, 2.45) is 0 Å². The minimum atomic E-state index is -2.99. The number of nitrogens with zero attached hydrogens (tertiary/aromatic N) is 1. The zero-order valence-electron chi connectivity index (χ0n) is 10.3. The number of para-hydroxylation sites is 1. The Morgan fingerprint density at radius 2 is 2.10 bits per heavy atom. The number of rotatable bonds is 2. The zero-order chi connectivity index (χ0) is 14.2. The third-order valence-corrected chi connectivity index (χ3v) is 5.33. The molecule has 0 amide bonds. The molecule has 1 aromatic carbocycles. The van der Waals surface area contributed by atoms with Gasteiger partial charge in [-0.1, -0.05) is 23.5 Å². The molecule has 0 radical (unpaired) electrons. The molecule has 1 aliphatic heterocycles. The predicted molar refractivity (Wildman–Crippen MR) is 85.7 cm³/mol. The molecule has 0 aliphatic carbocycles. The van der Waals surface area contributed by atoms with Crippen molar-refractivity contribution in [3.05, 3.63) is 36.0 Å². The van der Waals surface area contributed by atoms with E-state index in [4.69, 9.17) is 12.2 Å². The van der Waals surface area contributed by atoms with E-state index in [2.05, 4.69) is 15.6 Å². The van der Waals surface area contributed by atoms with Gasteiger partial charge in [0.25, 0.3) is 0 Å². The van der Waals surface area contributed by atoms with Gasteiger partial charge in [0.15, 0.2) is 20.1 Å². The summed E-state index contributed by atoms with van der Waals surface area (Å²) in [7, 11) is -2.99. The highest BCUT2D eigenvalue weighted by molar-refractivity contribution is 7.92. The minimum Gasteiger partial charge on any atom is -0.335 e. The molecule has 1 aromatic heterocycles. The summed E-state index contributed by atoms with van der Waals surface area (Å²) in [4.78, 5) is 4.40. The van der Waals surface area contributed by atoms with E-state index in [0.29, 0.717) is 15.9 Å². The van der Waals surface area contributed by atoms with Gasteiger partial charge in [0, 0.05) is 5.70 Å². The molecule has 2 aromatic rings. The lowest BCUT2D eigenvalue weighted by molar-refractivity contribution is 0.603. The van der Waals surface area contributed by atoms with Crippen LogP contribution in [0.3, 0.4) is 0 Å². The van der Waals surface area contributed by atoms with Gasteiger partial charge in [-0.05, 0) is 30.4 Å². The Balaban J connectivity index is 1.67. The summed E-state index contributed by atoms with van der Waals surface area (Å²) in [5.41, 5.74) is 1.52. The summed E-state index contributed by atoms with van der Waals surface area (Å²) in [6.07, 6.45) is 1.64. The van der Waals surface area contributed by atoms with E-state index in [9.17, 15) is 8.42 Å². The van der Waals surface area contributed by atoms with E-state index in [1.807, 2.05) is 24.3 Å². The molecule has 2 heterocycles. The van der Waals surface area contributed by atoms with Gasteiger partial charge in [-0.25, -0.2) is 13.4 Å². The normalized spacial score (nSPS) is 16.9. The van der Waals surface area contributed by atoms with Gasteiger partial charge in [-0.2, -0.15) is 0 Å². The van der Waals surface area contributed by atoms with Crippen LogP contribution in [0.5, 0.6) is 0 Å². The van der Waals surface area contributed by atoms with Gasteiger partial charge in [0.2, 0.25) is 0 Å². The highest BCUT2D eigenvalue weighted by atomic mass is 32.2. The van der Waals surface area contributed by atoms with Crippen LogP contribution in [0, 0.1) is 0 Å². The number of nitrogens with one attached hydrogen (secondary N) is 2. The van der Waals surface area contributed by atoms with E-state index >= 15 is 0 Å². The number of thiocarbonyl (C=S) groups is 1. The van der Waals surface area contributed by atoms with Gasteiger partial charge in [-0.3, -0.25) is 0 Å². The molecule has 2 N–H and O–H groups in total. The SMILES string of the molecule is O=S1(=O)CC=C(NC(=S)Nc2nc3ccccc3s2)C1. The minimum absolute atomic E-state index is 0.00860. The lowest BCUT2D eigenvalue weighted by Crippen LogP contribution is -2.28. The van der Waals surface area contributed by atoms with Gasteiger partial charge in [0.05, 0.1) is 21.7 Å². The second-order valence-electron chi connectivity index (χ2n) is 4.35. The average molecular weight is 325 g/mol. The van der Waals surface area contributed by atoms with Crippen LogP contribution < -0.4 is 10.6 Å². The molecule has 0 unspecified atom stereocenters. The molecular formula is C12H11N3O2S3. The Labute approximate surface area is 125 Å². The van der Waals surface area contributed by atoms with Crippen molar-refractivity contribution in [2.75, 3.05) is 16.8 Å². The molecule has 8 heteroatoms. The molecule has 0 saturated carbocycles. The summed E-state index contributed by atoms with van der Waals surface area (Å²) in [6.45, 7) is 0. The lowest BCUT2D eigenvalue weighted by Gasteiger charge is -2.07. The number of fused-ring (bicyclic) bond motifs is 1. The first-order valence-electron chi connectivity index (χ1n) is 5.85. The lowest BCUT2D eigenvalue weighted by atomic mass is 10.3. The molecule has 5 nitrogen and oxygen atoms in total. The molecular weight excluding hydrogens is 314 g/mol. The maximum Gasteiger partial charge on any atom is 0.190 e. The van der Waals surface area contributed by atoms with Gasteiger partial charge in [-0.15, -0.1) is 0 Å². The fourth-order valence-corrected chi connectivity index (χ4v) is 4.27. The van der Waals surface area contributed by atoms with Crippen LogP contribution in [0.1, 0.15) is 0 Å². The van der Waals surface area contributed by atoms with Crippen molar-refractivity contribution in [1.29, 1.82) is 0 Å². The smallest absolute Gasteiger partial charge is 0.190 e. The van der Waals surface area contributed by atoms with Gasteiger partial charge < -0.3 is 10.6 Å². The number of hydrogen-bond acceptors (Lipinski definition) is 5. The highest BCUT2D eigenvalue weighted by Crippen LogP contribution is 2.25. The quantitative estimate of drug-likeness (QED) is 0.822. The average Bonchev–Trinajstić information content (AvgIpc) is 2.91. The molecule has 20 heavy (non-hydrogen) atoms. The van der Waals surface area contributed by atoms with Crippen LogP contribution >= 0.6 is 23.6 Å². The van der Waals surface area contributed by atoms with E-state index in [1.165, 1.54) is 11.3 Å². The number of benzene rings is 1. The topological polar surface area (TPSA) is 71.1 Å². The van der Waals surface area contributed by atoms with Gasteiger partial charge in [0.1, 0.15) is 0 Å². The summed E-state index contributed by atoms with van der Waals surface area (Å²) in [5, 5.41) is 6.91. The van der Waals surface area contributed by atoms with Crippen molar-refractivity contribution in [3.8, 4) is 0 Å². The Morgan fingerprint density at radius 1 is 1.30 bits per heavy atom. The predicted octanol–water partition coefficient (Wildman–Crippen LogP) is 1.90.